The van der Waals surface area contributed by atoms with Gasteiger partial charge < -0.3 is 5.73 Å². The maximum absolute atomic E-state index is 13.6. The molecule has 2 aromatic rings. The Morgan fingerprint density at radius 1 is 1.11 bits per heavy atom. The van der Waals surface area contributed by atoms with Crippen molar-refractivity contribution in [1.29, 1.82) is 0 Å². The standard InChI is InChI=1S/C15H15ClFN/c16-12-7-8-14(17)13(10-12)15(18)9-6-11-4-2-1-3-5-11/h1-5,7-8,10,15H,6,9,18H2. The molecule has 3 heteroatoms. The van der Waals surface area contributed by atoms with Gasteiger partial charge in [-0.1, -0.05) is 41.9 Å². The van der Waals surface area contributed by atoms with Crippen LogP contribution in [0.3, 0.4) is 0 Å². The van der Waals surface area contributed by atoms with Gasteiger partial charge in [-0.05, 0) is 36.6 Å². The van der Waals surface area contributed by atoms with Gasteiger partial charge in [0.05, 0.1) is 0 Å². The van der Waals surface area contributed by atoms with Gasteiger partial charge in [-0.15, -0.1) is 0 Å². The molecule has 0 heterocycles. The summed E-state index contributed by atoms with van der Waals surface area (Å²) in [6, 6.07) is 14.2. The molecule has 1 atom stereocenters. The summed E-state index contributed by atoms with van der Waals surface area (Å²) in [7, 11) is 0. The molecule has 0 spiro atoms. The first-order valence-corrected chi connectivity index (χ1v) is 6.29. The molecule has 2 aromatic carbocycles. The lowest BCUT2D eigenvalue weighted by Crippen LogP contribution is -2.13. The van der Waals surface area contributed by atoms with Crippen molar-refractivity contribution in [3.63, 3.8) is 0 Å². The third kappa shape index (κ3) is 3.31. The van der Waals surface area contributed by atoms with E-state index in [0.29, 0.717) is 17.0 Å². The summed E-state index contributed by atoms with van der Waals surface area (Å²) in [5.41, 5.74) is 7.70. The van der Waals surface area contributed by atoms with Crippen LogP contribution in [0.15, 0.2) is 48.5 Å². The van der Waals surface area contributed by atoms with E-state index in [2.05, 4.69) is 0 Å². The molecule has 0 aliphatic carbocycles. The highest BCUT2D eigenvalue weighted by atomic mass is 35.5. The number of hydrogen-bond donors (Lipinski definition) is 1. The molecule has 0 fully saturated rings. The third-order valence-corrected chi connectivity index (χ3v) is 3.18. The fourth-order valence-corrected chi connectivity index (χ4v) is 2.10. The number of halogens is 2. The highest BCUT2D eigenvalue weighted by Crippen LogP contribution is 2.23. The molecule has 0 aliphatic rings. The van der Waals surface area contributed by atoms with Gasteiger partial charge in [0.2, 0.25) is 0 Å². The van der Waals surface area contributed by atoms with E-state index in [9.17, 15) is 4.39 Å². The van der Waals surface area contributed by atoms with Crippen LogP contribution in [0.25, 0.3) is 0 Å². The quantitative estimate of drug-likeness (QED) is 0.883. The van der Waals surface area contributed by atoms with Gasteiger partial charge >= 0.3 is 0 Å². The highest BCUT2D eigenvalue weighted by Gasteiger charge is 2.11. The summed E-state index contributed by atoms with van der Waals surface area (Å²) in [6.07, 6.45) is 1.52. The Morgan fingerprint density at radius 2 is 1.83 bits per heavy atom. The maximum atomic E-state index is 13.6. The first-order valence-electron chi connectivity index (χ1n) is 5.91. The van der Waals surface area contributed by atoms with Gasteiger partial charge in [0.25, 0.3) is 0 Å². The Labute approximate surface area is 111 Å². The average molecular weight is 264 g/mol. The van der Waals surface area contributed by atoms with Crippen LogP contribution in [0, 0.1) is 5.82 Å². The Hall–Kier alpha value is -1.38. The lowest BCUT2D eigenvalue weighted by molar-refractivity contribution is 0.564. The van der Waals surface area contributed by atoms with E-state index >= 15 is 0 Å². The zero-order chi connectivity index (χ0) is 13.0. The molecule has 0 saturated carbocycles. The Bertz CT molecular complexity index is 513. The van der Waals surface area contributed by atoms with E-state index in [1.54, 1.807) is 6.07 Å². The topological polar surface area (TPSA) is 26.0 Å². The molecule has 0 bridgehead atoms. The van der Waals surface area contributed by atoms with E-state index in [1.807, 2.05) is 30.3 Å². The molecular formula is C15H15ClFN. The zero-order valence-corrected chi connectivity index (χ0v) is 10.7. The molecule has 0 aliphatic heterocycles. The van der Waals surface area contributed by atoms with Crippen LogP contribution >= 0.6 is 11.6 Å². The van der Waals surface area contributed by atoms with Crippen LogP contribution in [0.5, 0.6) is 0 Å². The molecule has 2 rings (SSSR count). The number of rotatable bonds is 4. The molecule has 18 heavy (non-hydrogen) atoms. The van der Waals surface area contributed by atoms with Crippen LogP contribution in [0.2, 0.25) is 5.02 Å². The minimum absolute atomic E-state index is 0.292. The van der Waals surface area contributed by atoms with Gasteiger partial charge in [-0.2, -0.15) is 0 Å². The molecule has 0 amide bonds. The Morgan fingerprint density at radius 3 is 2.56 bits per heavy atom. The monoisotopic (exact) mass is 263 g/mol. The van der Waals surface area contributed by atoms with E-state index in [-0.39, 0.29) is 11.9 Å². The summed E-state index contributed by atoms with van der Waals surface area (Å²) in [5.74, 6) is -0.292. The number of benzene rings is 2. The van der Waals surface area contributed by atoms with Crippen molar-refractivity contribution in [2.24, 2.45) is 5.73 Å². The first-order chi connectivity index (χ1) is 8.66. The van der Waals surface area contributed by atoms with Crippen molar-refractivity contribution in [2.45, 2.75) is 18.9 Å². The van der Waals surface area contributed by atoms with E-state index in [1.165, 1.54) is 17.7 Å². The zero-order valence-electron chi connectivity index (χ0n) is 9.94. The highest BCUT2D eigenvalue weighted by molar-refractivity contribution is 6.30. The van der Waals surface area contributed by atoms with Crippen molar-refractivity contribution in [2.75, 3.05) is 0 Å². The summed E-state index contributed by atoms with van der Waals surface area (Å²) < 4.78 is 13.6. The van der Waals surface area contributed by atoms with Crippen LogP contribution in [0.4, 0.5) is 4.39 Å². The summed E-state index contributed by atoms with van der Waals surface area (Å²) in [4.78, 5) is 0. The van der Waals surface area contributed by atoms with Crippen LogP contribution < -0.4 is 5.73 Å². The van der Waals surface area contributed by atoms with Gasteiger partial charge in [-0.25, -0.2) is 4.39 Å². The molecule has 1 unspecified atom stereocenters. The minimum Gasteiger partial charge on any atom is -0.324 e. The predicted octanol–water partition coefficient (Wildman–Crippen LogP) is 4.11. The lowest BCUT2D eigenvalue weighted by atomic mass is 9.99. The first kappa shape index (κ1) is 13.1. The molecule has 0 radical (unpaired) electrons. The van der Waals surface area contributed by atoms with Crippen molar-refractivity contribution in [3.05, 3.63) is 70.5 Å². The SMILES string of the molecule is NC(CCc1ccccc1)c1cc(Cl)ccc1F. The van der Waals surface area contributed by atoms with E-state index in [4.69, 9.17) is 17.3 Å². The molecule has 0 aromatic heterocycles. The maximum Gasteiger partial charge on any atom is 0.128 e. The van der Waals surface area contributed by atoms with Crippen LogP contribution in [-0.2, 0) is 6.42 Å². The second-order valence-electron chi connectivity index (χ2n) is 4.30. The third-order valence-electron chi connectivity index (χ3n) is 2.94. The fourth-order valence-electron chi connectivity index (χ4n) is 1.92. The van der Waals surface area contributed by atoms with Crippen LogP contribution in [-0.4, -0.2) is 0 Å². The average Bonchev–Trinajstić information content (AvgIpc) is 2.40. The Balaban J connectivity index is 2.03. The molecule has 1 nitrogen and oxygen atoms in total. The molecular weight excluding hydrogens is 249 g/mol. The summed E-state index contributed by atoms with van der Waals surface area (Å²) in [5, 5.41) is 0.515. The molecule has 2 N–H and O–H groups in total. The molecule has 0 saturated heterocycles. The van der Waals surface area contributed by atoms with Crippen molar-refractivity contribution < 1.29 is 4.39 Å². The van der Waals surface area contributed by atoms with Gasteiger partial charge in [0.15, 0.2) is 0 Å². The predicted molar refractivity (Wildman–Crippen MR) is 73.1 cm³/mol. The minimum atomic E-state index is -0.330. The summed E-state index contributed by atoms with van der Waals surface area (Å²) >= 11 is 5.86. The van der Waals surface area contributed by atoms with Gasteiger partial charge in [0, 0.05) is 16.6 Å². The largest absolute Gasteiger partial charge is 0.324 e. The number of aryl methyl sites for hydroxylation is 1. The van der Waals surface area contributed by atoms with Crippen molar-refractivity contribution >= 4 is 11.6 Å². The lowest BCUT2D eigenvalue weighted by Gasteiger charge is -2.13. The summed E-state index contributed by atoms with van der Waals surface area (Å²) in [6.45, 7) is 0. The van der Waals surface area contributed by atoms with Gasteiger partial charge in [0.1, 0.15) is 5.82 Å². The van der Waals surface area contributed by atoms with Crippen LogP contribution in [0.1, 0.15) is 23.6 Å². The normalized spacial score (nSPS) is 12.4. The fraction of sp³-hybridized carbons (Fsp3) is 0.200. The second-order valence-corrected chi connectivity index (χ2v) is 4.73. The van der Waals surface area contributed by atoms with E-state index in [0.717, 1.165) is 6.42 Å². The smallest absolute Gasteiger partial charge is 0.128 e. The van der Waals surface area contributed by atoms with Crippen molar-refractivity contribution in [3.8, 4) is 0 Å². The van der Waals surface area contributed by atoms with Crippen molar-refractivity contribution in [1.82, 2.24) is 0 Å². The molecule has 94 valence electrons. The van der Waals surface area contributed by atoms with Gasteiger partial charge in [-0.3, -0.25) is 0 Å². The van der Waals surface area contributed by atoms with E-state index < -0.39 is 0 Å². The number of hydrogen-bond acceptors (Lipinski definition) is 1. The Kier molecular flexibility index (Phi) is 4.34. The number of nitrogens with two attached hydrogens (primary N) is 1. The second kappa shape index (κ2) is 5.98.